The molecule has 2 atom stereocenters. The second-order valence-corrected chi connectivity index (χ2v) is 8.29. The van der Waals surface area contributed by atoms with E-state index < -0.39 is 0 Å². The highest BCUT2D eigenvalue weighted by atomic mass is 16.5. The van der Waals surface area contributed by atoms with Crippen LogP contribution in [0.25, 0.3) is 0 Å². The first-order valence-corrected chi connectivity index (χ1v) is 10.7. The van der Waals surface area contributed by atoms with Crippen LogP contribution in [0.2, 0.25) is 0 Å². The Labute approximate surface area is 174 Å². The smallest absolute Gasteiger partial charge is 0.241 e. The second kappa shape index (κ2) is 10.9. The number of hydrogen-bond acceptors (Lipinski definition) is 6. The molecule has 2 heterocycles. The molecule has 1 aromatic rings. The van der Waals surface area contributed by atoms with Gasteiger partial charge in [0.2, 0.25) is 5.91 Å². The largest absolute Gasteiger partial charge is 0.496 e. The SMILES string of the molecule is COCCN(CC1CCN(Cc2ccccc2OC)CC1)C(=O)C1CC(C)NN1. The lowest BCUT2D eigenvalue weighted by Crippen LogP contribution is -2.49. The zero-order chi connectivity index (χ0) is 20.6. The normalized spacial score (nSPS) is 23.3. The molecule has 2 unspecified atom stereocenters. The third kappa shape index (κ3) is 6.15. The molecule has 2 N–H and O–H groups in total. The summed E-state index contributed by atoms with van der Waals surface area (Å²) in [6, 6.07) is 8.43. The summed E-state index contributed by atoms with van der Waals surface area (Å²) in [7, 11) is 3.42. The molecule has 1 amide bonds. The summed E-state index contributed by atoms with van der Waals surface area (Å²) in [5.74, 6) is 1.68. The van der Waals surface area contributed by atoms with Gasteiger partial charge in [0, 0.05) is 38.3 Å². The fraction of sp³-hybridized carbons (Fsp3) is 0.682. The van der Waals surface area contributed by atoms with Gasteiger partial charge in [-0.2, -0.15) is 0 Å². The zero-order valence-electron chi connectivity index (χ0n) is 18.0. The number of carbonyl (C=O) groups is 1. The van der Waals surface area contributed by atoms with Crippen LogP contribution < -0.4 is 15.6 Å². The molecule has 2 fully saturated rings. The van der Waals surface area contributed by atoms with Crippen LogP contribution in [0.1, 0.15) is 31.7 Å². The van der Waals surface area contributed by atoms with Crippen LogP contribution in [0.5, 0.6) is 5.75 Å². The predicted octanol–water partition coefficient (Wildman–Crippen LogP) is 1.64. The van der Waals surface area contributed by atoms with E-state index in [1.165, 1.54) is 5.56 Å². The van der Waals surface area contributed by atoms with Gasteiger partial charge in [0.05, 0.1) is 13.7 Å². The highest BCUT2D eigenvalue weighted by Crippen LogP contribution is 2.24. The molecule has 0 spiro atoms. The summed E-state index contributed by atoms with van der Waals surface area (Å²) in [6.07, 6.45) is 3.05. The Balaban J connectivity index is 1.51. The van der Waals surface area contributed by atoms with Crippen molar-refractivity contribution in [3.8, 4) is 5.75 Å². The fourth-order valence-electron chi connectivity index (χ4n) is 4.30. The van der Waals surface area contributed by atoms with E-state index in [9.17, 15) is 4.79 Å². The maximum absolute atomic E-state index is 13.0. The lowest BCUT2D eigenvalue weighted by atomic mass is 9.95. The zero-order valence-corrected chi connectivity index (χ0v) is 18.0. The number of nitrogens with one attached hydrogen (secondary N) is 2. The van der Waals surface area contributed by atoms with E-state index in [-0.39, 0.29) is 11.9 Å². The van der Waals surface area contributed by atoms with Gasteiger partial charge in [0.25, 0.3) is 0 Å². The molecule has 0 bridgehead atoms. The van der Waals surface area contributed by atoms with Crippen LogP contribution in [0.15, 0.2) is 24.3 Å². The summed E-state index contributed by atoms with van der Waals surface area (Å²) in [4.78, 5) is 17.5. The maximum atomic E-state index is 13.0. The van der Waals surface area contributed by atoms with E-state index >= 15 is 0 Å². The molecule has 0 aromatic heterocycles. The van der Waals surface area contributed by atoms with Crippen molar-refractivity contribution < 1.29 is 14.3 Å². The first-order chi connectivity index (χ1) is 14.1. The lowest BCUT2D eigenvalue weighted by molar-refractivity contribution is -0.134. The van der Waals surface area contributed by atoms with Gasteiger partial charge >= 0.3 is 0 Å². The molecule has 2 aliphatic heterocycles. The number of likely N-dealkylation sites (tertiary alicyclic amines) is 1. The van der Waals surface area contributed by atoms with Gasteiger partial charge in [-0.15, -0.1) is 0 Å². The number of ether oxygens (including phenoxy) is 2. The molecule has 7 nitrogen and oxygen atoms in total. The number of methoxy groups -OCH3 is 2. The average Bonchev–Trinajstić information content (AvgIpc) is 3.18. The molecule has 0 aliphatic carbocycles. The van der Waals surface area contributed by atoms with E-state index in [0.717, 1.165) is 51.2 Å². The Hall–Kier alpha value is -1.67. The highest BCUT2D eigenvalue weighted by Gasteiger charge is 2.32. The third-order valence-corrected chi connectivity index (χ3v) is 6.04. The summed E-state index contributed by atoms with van der Waals surface area (Å²) in [5.41, 5.74) is 7.54. The number of hydrogen-bond donors (Lipinski definition) is 2. The van der Waals surface area contributed by atoms with Crippen LogP contribution in [0.4, 0.5) is 0 Å². The minimum Gasteiger partial charge on any atom is -0.496 e. The molecular weight excluding hydrogens is 368 g/mol. The standard InChI is InChI=1S/C22H36N4O3/c1-17-14-20(24-23-17)22(27)26(12-13-28-2)15-18-8-10-25(11-9-18)16-19-6-4-5-7-21(19)29-3/h4-7,17-18,20,23-24H,8-16H2,1-3H3. The Morgan fingerprint density at radius 2 is 1.97 bits per heavy atom. The molecule has 2 saturated heterocycles. The van der Waals surface area contributed by atoms with E-state index in [4.69, 9.17) is 9.47 Å². The molecule has 0 saturated carbocycles. The monoisotopic (exact) mass is 404 g/mol. The number of benzene rings is 1. The van der Waals surface area contributed by atoms with Crippen LogP contribution >= 0.6 is 0 Å². The van der Waals surface area contributed by atoms with E-state index in [1.807, 2.05) is 17.0 Å². The number of nitrogens with zero attached hydrogens (tertiary/aromatic N) is 2. The Kier molecular flexibility index (Phi) is 8.29. The Bertz CT molecular complexity index is 649. The molecule has 3 rings (SSSR count). The number of rotatable bonds is 9. The van der Waals surface area contributed by atoms with Gasteiger partial charge in [0.1, 0.15) is 11.8 Å². The van der Waals surface area contributed by atoms with Gasteiger partial charge in [-0.25, -0.2) is 5.43 Å². The highest BCUT2D eigenvalue weighted by molar-refractivity contribution is 5.82. The van der Waals surface area contributed by atoms with Gasteiger partial charge in [-0.05, 0) is 51.3 Å². The molecule has 2 aliphatic rings. The summed E-state index contributed by atoms with van der Waals surface area (Å²) in [6.45, 7) is 7.16. The average molecular weight is 405 g/mol. The number of amides is 1. The summed E-state index contributed by atoms with van der Waals surface area (Å²) < 4.78 is 10.7. The molecular formula is C22H36N4O3. The van der Waals surface area contributed by atoms with Gasteiger partial charge in [-0.1, -0.05) is 18.2 Å². The second-order valence-electron chi connectivity index (χ2n) is 8.29. The predicted molar refractivity (Wildman–Crippen MR) is 114 cm³/mol. The van der Waals surface area contributed by atoms with Gasteiger partial charge < -0.3 is 14.4 Å². The Morgan fingerprint density at radius 1 is 1.21 bits per heavy atom. The van der Waals surface area contributed by atoms with Crippen LogP contribution in [0.3, 0.4) is 0 Å². The number of carbonyl (C=O) groups excluding carboxylic acids is 1. The summed E-state index contributed by atoms with van der Waals surface area (Å²) in [5, 5.41) is 0. The van der Waals surface area contributed by atoms with Crippen molar-refractivity contribution in [3.05, 3.63) is 29.8 Å². The van der Waals surface area contributed by atoms with Crippen molar-refractivity contribution in [2.24, 2.45) is 5.92 Å². The first-order valence-electron chi connectivity index (χ1n) is 10.7. The van der Waals surface area contributed by atoms with Crippen molar-refractivity contribution in [2.45, 2.75) is 44.8 Å². The molecule has 162 valence electrons. The van der Waals surface area contributed by atoms with E-state index in [1.54, 1.807) is 14.2 Å². The summed E-state index contributed by atoms with van der Waals surface area (Å²) >= 11 is 0. The topological polar surface area (TPSA) is 66.1 Å². The van der Waals surface area contributed by atoms with Crippen LogP contribution in [-0.4, -0.2) is 74.8 Å². The third-order valence-electron chi connectivity index (χ3n) is 6.04. The van der Waals surface area contributed by atoms with Crippen molar-refractivity contribution >= 4 is 5.91 Å². The number of hydrazine groups is 1. The maximum Gasteiger partial charge on any atom is 0.241 e. The molecule has 7 heteroatoms. The van der Waals surface area contributed by atoms with Gasteiger partial charge in [0.15, 0.2) is 0 Å². The van der Waals surface area contributed by atoms with Crippen LogP contribution in [0, 0.1) is 5.92 Å². The first kappa shape index (κ1) is 22.0. The molecule has 0 radical (unpaired) electrons. The number of piperidine rings is 1. The quantitative estimate of drug-likeness (QED) is 0.652. The van der Waals surface area contributed by atoms with Gasteiger partial charge in [-0.3, -0.25) is 15.1 Å². The van der Waals surface area contributed by atoms with E-state index in [2.05, 4.69) is 34.8 Å². The lowest BCUT2D eigenvalue weighted by Gasteiger charge is -2.35. The molecule has 1 aromatic carbocycles. The van der Waals surface area contributed by atoms with Crippen LogP contribution in [-0.2, 0) is 16.1 Å². The Morgan fingerprint density at radius 3 is 2.62 bits per heavy atom. The minimum atomic E-state index is -0.132. The van der Waals surface area contributed by atoms with Crippen molar-refractivity contribution in [1.82, 2.24) is 20.7 Å². The number of para-hydroxylation sites is 1. The minimum absolute atomic E-state index is 0.132. The van der Waals surface area contributed by atoms with E-state index in [0.29, 0.717) is 25.1 Å². The van der Waals surface area contributed by atoms with Crippen molar-refractivity contribution in [1.29, 1.82) is 0 Å². The van der Waals surface area contributed by atoms with Crippen molar-refractivity contribution in [2.75, 3.05) is 47.0 Å². The fourth-order valence-corrected chi connectivity index (χ4v) is 4.30. The van der Waals surface area contributed by atoms with Crippen molar-refractivity contribution in [3.63, 3.8) is 0 Å². The molecule has 29 heavy (non-hydrogen) atoms.